The molecule has 5 heteroatoms. The Kier molecular flexibility index (Phi) is 4.95. The lowest BCUT2D eigenvalue weighted by molar-refractivity contribution is -0.139. The minimum Gasteiger partial charge on any atom is -0.480 e. The van der Waals surface area contributed by atoms with Gasteiger partial charge in [0.1, 0.15) is 6.04 Å². The number of aliphatic carboxylic acids is 1. The highest BCUT2D eigenvalue weighted by Gasteiger charge is 2.21. The summed E-state index contributed by atoms with van der Waals surface area (Å²) in [4.78, 5) is 24.3. The maximum atomic E-state index is 12.0. The molecule has 0 aromatic heterocycles. The molecule has 100 valence electrons. The van der Waals surface area contributed by atoms with Crippen LogP contribution in [-0.4, -0.2) is 30.2 Å². The third-order valence-corrected chi connectivity index (χ3v) is 2.70. The van der Waals surface area contributed by atoms with Crippen molar-refractivity contribution in [1.82, 2.24) is 5.32 Å². The van der Waals surface area contributed by atoms with E-state index in [4.69, 9.17) is 11.5 Å². The zero-order valence-electron chi connectivity index (χ0n) is 10.9. The topological polar surface area (TPSA) is 69.6 Å². The van der Waals surface area contributed by atoms with Gasteiger partial charge in [0.25, 0.3) is 0 Å². The molecule has 1 aromatic carbocycles. The molecule has 0 fully saturated rings. The van der Waals surface area contributed by atoms with Crippen molar-refractivity contribution in [3.63, 3.8) is 0 Å². The lowest BCUT2D eigenvalue weighted by Crippen LogP contribution is -2.46. The van der Waals surface area contributed by atoms with Crippen LogP contribution in [0, 0.1) is 19.3 Å². The average molecular weight is 260 g/mol. The number of hydrogen-bond acceptors (Lipinski definition) is 2. The predicted molar refractivity (Wildman–Crippen MR) is 73.0 cm³/mol. The fourth-order valence-corrected chi connectivity index (χ4v) is 1.61. The summed E-state index contributed by atoms with van der Waals surface area (Å²) in [6, 6.07) is 5.74. The second-order valence-electron chi connectivity index (χ2n) is 4.09. The molecule has 0 saturated heterocycles. The molecule has 1 aromatic rings. The minimum absolute atomic E-state index is 0.0529. The van der Waals surface area contributed by atoms with Crippen LogP contribution < -0.4 is 10.2 Å². The number of anilines is 1. The summed E-state index contributed by atoms with van der Waals surface area (Å²) in [5.41, 5.74) is 1.63. The number of carboxylic acids is 1. The van der Waals surface area contributed by atoms with Crippen molar-refractivity contribution in [2.75, 3.05) is 11.9 Å². The third-order valence-electron chi connectivity index (χ3n) is 2.70. The molecule has 0 saturated carbocycles. The predicted octanol–water partition coefficient (Wildman–Crippen LogP) is 1.62. The SMILES string of the molecule is C#CCC(NC(=O)N(C)c1ccccc1C)C(=O)O. The minimum atomic E-state index is -1.15. The van der Waals surface area contributed by atoms with Crippen LogP contribution in [0.3, 0.4) is 0 Å². The van der Waals surface area contributed by atoms with Gasteiger partial charge in [0.15, 0.2) is 0 Å². The van der Waals surface area contributed by atoms with E-state index < -0.39 is 18.0 Å². The van der Waals surface area contributed by atoms with Gasteiger partial charge < -0.3 is 10.4 Å². The Balaban J connectivity index is 2.81. The molecule has 2 amide bonds. The van der Waals surface area contributed by atoms with Crippen LogP contribution in [0.2, 0.25) is 0 Å². The van der Waals surface area contributed by atoms with Crippen molar-refractivity contribution in [3.05, 3.63) is 29.8 Å². The fraction of sp³-hybridized carbons (Fsp3) is 0.286. The summed E-state index contributed by atoms with van der Waals surface area (Å²) >= 11 is 0. The van der Waals surface area contributed by atoms with Crippen LogP contribution >= 0.6 is 0 Å². The molecular formula is C14H16N2O3. The number of hydrogen-bond donors (Lipinski definition) is 2. The molecule has 0 radical (unpaired) electrons. The van der Waals surface area contributed by atoms with Gasteiger partial charge in [0.2, 0.25) is 0 Å². The standard InChI is InChI=1S/C14H16N2O3/c1-4-7-11(13(17)18)15-14(19)16(3)12-9-6-5-8-10(12)2/h1,5-6,8-9,11H,7H2,2-3H3,(H,15,19)(H,17,18). The lowest BCUT2D eigenvalue weighted by Gasteiger charge is -2.22. The number of nitrogens with one attached hydrogen (secondary N) is 1. The van der Waals surface area contributed by atoms with Crippen LogP contribution in [0.15, 0.2) is 24.3 Å². The Morgan fingerprint density at radius 2 is 2.11 bits per heavy atom. The monoisotopic (exact) mass is 260 g/mol. The van der Waals surface area contributed by atoms with Crippen LogP contribution in [0.1, 0.15) is 12.0 Å². The first-order valence-corrected chi connectivity index (χ1v) is 5.73. The Morgan fingerprint density at radius 1 is 1.47 bits per heavy atom. The zero-order valence-corrected chi connectivity index (χ0v) is 10.9. The van der Waals surface area contributed by atoms with Gasteiger partial charge in [-0.15, -0.1) is 12.3 Å². The quantitative estimate of drug-likeness (QED) is 0.808. The Labute approximate surface area is 112 Å². The molecule has 0 spiro atoms. The first kappa shape index (κ1) is 14.6. The van der Waals surface area contributed by atoms with Gasteiger partial charge in [-0.05, 0) is 18.6 Å². The summed E-state index contributed by atoms with van der Waals surface area (Å²) in [5.74, 6) is 1.08. The van der Waals surface area contributed by atoms with Crippen molar-refractivity contribution >= 4 is 17.7 Å². The van der Waals surface area contributed by atoms with Gasteiger partial charge in [-0.3, -0.25) is 4.90 Å². The Hall–Kier alpha value is -2.48. The summed E-state index contributed by atoms with van der Waals surface area (Å²) in [6.45, 7) is 1.87. The number of aryl methyl sites for hydroxylation is 1. The molecule has 0 aliphatic rings. The normalized spacial score (nSPS) is 11.2. The van der Waals surface area contributed by atoms with E-state index >= 15 is 0 Å². The number of amides is 2. The van der Waals surface area contributed by atoms with Crippen LogP contribution in [0.25, 0.3) is 0 Å². The number of para-hydroxylation sites is 1. The molecule has 0 bridgehead atoms. The molecule has 5 nitrogen and oxygen atoms in total. The summed E-state index contributed by atoms with van der Waals surface area (Å²) < 4.78 is 0. The largest absolute Gasteiger partial charge is 0.480 e. The highest BCUT2D eigenvalue weighted by molar-refractivity contribution is 5.94. The lowest BCUT2D eigenvalue weighted by atomic mass is 10.2. The average Bonchev–Trinajstić information content (AvgIpc) is 2.37. The first-order valence-electron chi connectivity index (χ1n) is 5.73. The summed E-state index contributed by atoms with van der Waals surface area (Å²) in [5, 5.41) is 11.3. The fourth-order valence-electron chi connectivity index (χ4n) is 1.61. The van der Waals surface area contributed by atoms with Crippen LogP contribution in [0.4, 0.5) is 10.5 Å². The van der Waals surface area contributed by atoms with Gasteiger partial charge in [-0.2, -0.15) is 0 Å². The highest BCUT2D eigenvalue weighted by Crippen LogP contribution is 2.17. The first-order chi connectivity index (χ1) is 8.97. The van der Waals surface area contributed by atoms with E-state index in [1.807, 2.05) is 25.1 Å². The third kappa shape index (κ3) is 3.75. The van der Waals surface area contributed by atoms with Crippen molar-refractivity contribution in [3.8, 4) is 12.3 Å². The number of urea groups is 1. The number of terminal acetylenes is 1. The van der Waals surface area contributed by atoms with Gasteiger partial charge in [0.05, 0.1) is 0 Å². The molecule has 1 unspecified atom stereocenters. The van der Waals surface area contributed by atoms with E-state index in [-0.39, 0.29) is 6.42 Å². The van der Waals surface area contributed by atoms with Crippen LogP contribution in [0.5, 0.6) is 0 Å². The van der Waals surface area contributed by atoms with E-state index in [0.717, 1.165) is 5.56 Å². The number of rotatable bonds is 4. The van der Waals surface area contributed by atoms with Crippen molar-refractivity contribution in [2.45, 2.75) is 19.4 Å². The molecule has 1 atom stereocenters. The van der Waals surface area contributed by atoms with Crippen molar-refractivity contribution in [1.29, 1.82) is 0 Å². The van der Waals surface area contributed by atoms with E-state index in [9.17, 15) is 9.59 Å². The van der Waals surface area contributed by atoms with Gasteiger partial charge in [-0.1, -0.05) is 18.2 Å². The van der Waals surface area contributed by atoms with Gasteiger partial charge in [-0.25, -0.2) is 9.59 Å². The van der Waals surface area contributed by atoms with E-state index in [0.29, 0.717) is 5.69 Å². The molecule has 0 heterocycles. The molecule has 0 aliphatic carbocycles. The van der Waals surface area contributed by atoms with Crippen molar-refractivity contribution < 1.29 is 14.7 Å². The molecule has 1 rings (SSSR count). The molecule has 19 heavy (non-hydrogen) atoms. The van der Waals surface area contributed by atoms with Crippen molar-refractivity contribution in [2.24, 2.45) is 0 Å². The van der Waals surface area contributed by atoms with Gasteiger partial charge >= 0.3 is 12.0 Å². The smallest absolute Gasteiger partial charge is 0.327 e. The molecule has 0 aliphatic heterocycles. The summed E-state index contributed by atoms with van der Waals surface area (Å²) in [6.07, 6.45) is 5.02. The Bertz CT molecular complexity index is 520. The number of carbonyl (C=O) groups is 2. The second kappa shape index (κ2) is 6.45. The van der Waals surface area contributed by atoms with Crippen LogP contribution in [-0.2, 0) is 4.79 Å². The number of nitrogens with zero attached hydrogens (tertiary/aromatic N) is 1. The Morgan fingerprint density at radius 3 is 2.63 bits per heavy atom. The zero-order chi connectivity index (χ0) is 14.4. The molecule has 2 N–H and O–H groups in total. The molecular weight excluding hydrogens is 244 g/mol. The summed E-state index contributed by atoms with van der Waals surface area (Å²) in [7, 11) is 1.58. The van der Waals surface area contributed by atoms with E-state index in [1.165, 1.54) is 4.90 Å². The number of carboxylic acid groups (broad SMARTS) is 1. The second-order valence-corrected chi connectivity index (χ2v) is 4.09. The van der Waals surface area contributed by atoms with E-state index in [1.54, 1.807) is 13.1 Å². The number of benzene rings is 1. The maximum absolute atomic E-state index is 12.0. The number of carbonyl (C=O) groups excluding carboxylic acids is 1. The highest BCUT2D eigenvalue weighted by atomic mass is 16.4. The maximum Gasteiger partial charge on any atom is 0.327 e. The van der Waals surface area contributed by atoms with E-state index in [2.05, 4.69) is 11.2 Å². The van der Waals surface area contributed by atoms with Gasteiger partial charge in [0, 0.05) is 19.2 Å².